The third kappa shape index (κ3) is 4.57. The lowest BCUT2D eigenvalue weighted by Crippen LogP contribution is -2.26. The topological polar surface area (TPSA) is 66.8 Å². The van der Waals surface area contributed by atoms with Crippen LogP contribution in [-0.4, -0.2) is 36.0 Å². The van der Waals surface area contributed by atoms with Crippen LogP contribution >= 0.6 is 0 Å². The molecule has 1 aromatic rings. The lowest BCUT2D eigenvalue weighted by atomic mass is 10.1. The zero-order chi connectivity index (χ0) is 14.4. The van der Waals surface area contributed by atoms with Crippen molar-refractivity contribution in [2.75, 3.05) is 14.2 Å². The first kappa shape index (κ1) is 14.9. The molecule has 0 aliphatic heterocycles. The van der Waals surface area contributed by atoms with Crippen molar-refractivity contribution < 1.29 is 23.8 Å². The molecule has 5 nitrogen and oxygen atoms in total. The Bertz CT molecular complexity index is 476. The average Bonchev–Trinajstić information content (AvgIpc) is 2.36. The quantitative estimate of drug-likeness (QED) is 0.852. The van der Waals surface area contributed by atoms with Crippen LogP contribution in [0.25, 0.3) is 0 Å². The van der Waals surface area contributed by atoms with Gasteiger partial charge in [0.05, 0.1) is 13.5 Å². The Kier molecular flexibility index (Phi) is 5.29. The van der Waals surface area contributed by atoms with Crippen LogP contribution in [-0.2, 0) is 16.1 Å². The van der Waals surface area contributed by atoms with Gasteiger partial charge in [-0.1, -0.05) is 0 Å². The minimum absolute atomic E-state index is 0.0799. The second-order valence-corrected chi connectivity index (χ2v) is 4.10. The van der Waals surface area contributed by atoms with Crippen LogP contribution in [0.5, 0.6) is 5.75 Å². The molecule has 0 heterocycles. The van der Waals surface area contributed by atoms with Crippen LogP contribution in [0.15, 0.2) is 18.2 Å². The second-order valence-electron chi connectivity index (χ2n) is 4.10. The van der Waals surface area contributed by atoms with E-state index in [1.165, 1.54) is 37.3 Å². The van der Waals surface area contributed by atoms with Crippen LogP contribution in [0.4, 0.5) is 4.39 Å². The monoisotopic (exact) mass is 269 g/mol. The summed E-state index contributed by atoms with van der Waals surface area (Å²) >= 11 is 0. The number of carboxylic acid groups (broad SMARTS) is 1. The van der Waals surface area contributed by atoms with E-state index in [1.54, 1.807) is 0 Å². The Labute approximate surface area is 110 Å². The molecule has 0 fully saturated rings. The van der Waals surface area contributed by atoms with Crippen LogP contribution in [0.3, 0.4) is 0 Å². The fourth-order valence-corrected chi connectivity index (χ4v) is 1.62. The summed E-state index contributed by atoms with van der Waals surface area (Å²) in [6.07, 6.45) is -0.299. The standard InChI is InChI=1S/C13H16FNO4/c1-15(12(16)5-6-13(17)18)8-9-7-10(14)3-4-11(9)19-2/h3-4,7H,5-6,8H2,1-2H3,(H,17,18). The molecule has 1 aromatic carbocycles. The van der Waals surface area contributed by atoms with E-state index in [-0.39, 0.29) is 25.3 Å². The highest BCUT2D eigenvalue weighted by molar-refractivity contribution is 5.80. The minimum Gasteiger partial charge on any atom is -0.496 e. The molecule has 0 bridgehead atoms. The summed E-state index contributed by atoms with van der Waals surface area (Å²) in [5.41, 5.74) is 0.536. The van der Waals surface area contributed by atoms with E-state index >= 15 is 0 Å². The van der Waals surface area contributed by atoms with Crippen LogP contribution < -0.4 is 4.74 Å². The van der Waals surface area contributed by atoms with E-state index in [1.807, 2.05) is 0 Å². The van der Waals surface area contributed by atoms with Gasteiger partial charge < -0.3 is 14.7 Å². The summed E-state index contributed by atoms with van der Waals surface area (Å²) in [5.74, 6) is -1.26. The van der Waals surface area contributed by atoms with Crippen LogP contribution in [0, 0.1) is 5.82 Å². The lowest BCUT2D eigenvalue weighted by molar-refractivity contribution is -0.140. The fraction of sp³-hybridized carbons (Fsp3) is 0.385. The average molecular weight is 269 g/mol. The van der Waals surface area contributed by atoms with Gasteiger partial charge in [0.1, 0.15) is 11.6 Å². The largest absolute Gasteiger partial charge is 0.496 e. The number of carbonyl (C=O) groups excluding carboxylic acids is 1. The first-order valence-corrected chi connectivity index (χ1v) is 5.72. The molecule has 0 radical (unpaired) electrons. The molecule has 1 rings (SSSR count). The first-order chi connectivity index (χ1) is 8.93. The van der Waals surface area contributed by atoms with Crippen molar-refractivity contribution in [2.45, 2.75) is 19.4 Å². The second kappa shape index (κ2) is 6.72. The van der Waals surface area contributed by atoms with E-state index in [4.69, 9.17) is 9.84 Å². The number of hydrogen-bond donors (Lipinski definition) is 1. The number of aliphatic carboxylic acids is 1. The number of carbonyl (C=O) groups is 2. The summed E-state index contributed by atoms with van der Waals surface area (Å²) in [6, 6.07) is 4.05. The van der Waals surface area contributed by atoms with Gasteiger partial charge in [-0.3, -0.25) is 9.59 Å². The summed E-state index contributed by atoms with van der Waals surface area (Å²) < 4.78 is 18.2. The lowest BCUT2D eigenvalue weighted by Gasteiger charge is -2.18. The Morgan fingerprint density at radius 1 is 1.37 bits per heavy atom. The molecule has 0 saturated heterocycles. The number of ether oxygens (including phenoxy) is 1. The summed E-state index contributed by atoms with van der Waals surface area (Å²) in [7, 11) is 3.00. The maximum Gasteiger partial charge on any atom is 0.303 e. The molecule has 0 spiro atoms. The van der Waals surface area contributed by atoms with Crippen molar-refractivity contribution >= 4 is 11.9 Å². The number of methoxy groups -OCH3 is 1. The highest BCUT2D eigenvalue weighted by atomic mass is 19.1. The fourth-order valence-electron chi connectivity index (χ4n) is 1.62. The molecular formula is C13H16FNO4. The molecule has 1 amide bonds. The molecule has 104 valence electrons. The third-order valence-electron chi connectivity index (χ3n) is 2.63. The van der Waals surface area contributed by atoms with Gasteiger partial charge >= 0.3 is 5.97 Å². The SMILES string of the molecule is COc1ccc(F)cc1CN(C)C(=O)CCC(=O)O. The highest BCUT2D eigenvalue weighted by Gasteiger charge is 2.14. The Morgan fingerprint density at radius 3 is 2.63 bits per heavy atom. The smallest absolute Gasteiger partial charge is 0.303 e. The van der Waals surface area contributed by atoms with Gasteiger partial charge in [-0.05, 0) is 18.2 Å². The number of hydrogen-bond acceptors (Lipinski definition) is 3. The number of halogens is 1. The van der Waals surface area contributed by atoms with Gasteiger partial charge in [0, 0.05) is 25.6 Å². The number of rotatable bonds is 6. The Morgan fingerprint density at radius 2 is 2.05 bits per heavy atom. The van der Waals surface area contributed by atoms with Gasteiger partial charge in [0.2, 0.25) is 5.91 Å². The summed E-state index contributed by atoms with van der Waals surface area (Å²) in [4.78, 5) is 23.4. The number of carboxylic acids is 1. The maximum absolute atomic E-state index is 13.2. The maximum atomic E-state index is 13.2. The molecule has 0 aliphatic carbocycles. The van der Waals surface area contributed by atoms with Crippen molar-refractivity contribution in [3.05, 3.63) is 29.6 Å². The van der Waals surface area contributed by atoms with Gasteiger partial charge in [0.15, 0.2) is 0 Å². The zero-order valence-electron chi connectivity index (χ0n) is 10.9. The van der Waals surface area contributed by atoms with Gasteiger partial charge in [-0.2, -0.15) is 0 Å². The van der Waals surface area contributed by atoms with Crippen LogP contribution in [0.2, 0.25) is 0 Å². The van der Waals surface area contributed by atoms with E-state index in [9.17, 15) is 14.0 Å². The van der Waals surface area contributed by atoms with Gasteiger partial charge in [-0.15, -0.1) is 0 Å². The van der Waals surface area contributed by atoms with Crippen molar-refractivity contribution in [2.24, 2.45) is 0 Å². The molecule has 0 unspecified atom stereocenters. The Hall–Kier alpha value is -2.11. The first-order valence-electron chi connectivity index (χ1n) is 5.72. The normalized spacial score (nSPS) is 10.1. The molecule has 19 heavy (non-hydrogen) atoms. The number of nitrogens with zero attached hydrogens (tertiary/aromatic N) is 1. The van der Waals surface area contributed by atoms with Crippen molar-refractivity contribution in [3.8, 4) is 5.75 Å². The van der Waals surface area contributed by atoms with Crippen LogP contribution in [0.1, 0.15) is 18.4 Å². The predicted octanol–water partition coefficient (Wildman–Crippen LogP) is 1.66. The van der Waals surface area contributed by atoms with Crippen molar-refractivity contribution in [3.63, 3.8) is 0 Å². The third-order valence-corrected chi connectivity index (χ3v) is 2.63. The predicted molar refractivity (Wildman–Crippen MR) is 66.3 cm³/mol. The van der Waals surface area contributed by atoms with E-state index < -0.39 is 11.8 Å². The minimum atomic E-state index is -1.02. The van der Waals surface area contributed by atoms with Gasteiger partial charge in [-0.25, -0.2) is 4.39 Å². The van der Waals surface area contributed by atoms with E-state index in [0.717, 1.165) is 0 Å². The Balaban J connectivity index is 2.70. The molecule has 0 aliphatic rings. The van der Waals surface area contributed by atoms with E-state index in [0.29, 0.717) is 11.3 Å². The summed E-state index contributed by atoms with van der Waals surface area (Å²) in [6.45, 7) is 0.166. The number of amides is 1. The van der Waals surface area contributed by atoms with E-state index in [2.05, 4.69) is 0 Å². The van der Waals surface area contributed by atoms with Crippen molar-refractivity contribution in [1.29, 1.82) is 0 Å². The molecular weight excluding hydrogens is 253 g/mol. The molecule has 1 N–H and O–H groups in total. The molecule has 0 aromatic heterocycles. The number of benzene rings is 1. The highest BCUT2D eigenvalue weighted by Crippen LogP contribution is 2.20. The zero-order valence-corrected chi connectivity index (χ0v) is 10.9. The molecule has 0 atom stereocenters. The summed E-state index contributed by atoms with van der Waals surface area (Å²) in [5, 5.41) is 8.51. The van der Waals surface area contributed by atoms with Crippen molar-refractivity contribution in [1.82, 2.24) is 4.90 Å². The molecule has 6 heteroatoms. The van der Waals surface area contributed by atoms with Gasteiger partial charge in [0.25, 0.3) is 0 Å². The molecule has 0 saturated carbocycles.